The lowest BCUT2D eigenvalue weighted by atomic mass is 10.2. The number of hydrogen-bond acceptors (Lipinski definition) is 5. The monoisotopic (exact) mass is 457 g/mol. The van der Waals surface area contributed by atoms with Crippen LogP contribution in [0.15, 0.2) is 41.5 Å². The largest absolute Gasteiger partial charge is 0.493 e. The Balaban J connectivity index is 1.86. The van der Waals surface area contributed by atoms with Crippen molar-refractivity contribution in [3.05, 3.63) is 52.5 Å². The van der Waals surface area contributed by atoms with Gasteiger partial charge in [0.1, 0.15) is 0 Å². The van der Waals surface area contributed by atoms with Crippen molar-refractivity contribution in [3.8, 4) is 11.5 Å². The van der Waals surface area contributed by atoms with E-state index >= 15 is 0 Å². The fourth-order valence-corrected chi connectivity index (χ4v) is 2.57. The van der Waals surface area contributed by atoms with E-state index in [9.17, 15) is 22.8 Å². The second-order valence-electron chi connectivity index (χ2n) is 6.15. The molecule has 2 aromatic rings. The summed E-state index contributed by atoms with van der Waals surface area (Å²) < 4.78 is 48.6. The minimum absolute atomic E-state index is 0.0506. The molecule has 2 N–H and O–H groups in total. The molecule has 7 nitrogen and oxygen atoms in total. The first-order valence-electron chi connectivity index (χ1n) is 8.84. The van der Waals surface area contributed by atoms with Crippen molar-refractivity contribution in [2.45, 2.75) is 19.0 Å². The van der Waals surface area contributed by atoms with Crippen LogP contribution in [0, 0.1) is 0 Å². The maximum atomic E-state index is 12.8. The van der Waals surface area contributed by atoms with Gasteiger partial charge >= 0.3 is 6.18 Å². The van der Waals surface area contributed by atoms with Crippen molar-refractivity contribution in [2.75, 3.05) is 19.5 Å². The highest BCUT2D eigenvalue weighted by Crippen LogP contribution is 2.33. The fourth-order valence-electron chi connectivity index (χ4n) is 2.40. The predicted molar refractivity (Wildman–Crippen MR) is 110 cm³/mol. The highest BCUT2D eigenvalue weighted by Gasteiger charge is 2.31. The number of hydrogen-bond donors (Lipinski definition) is 2. The quantitative estimate of drug-likeness (QED) is 0.458. The molecule has 2 amide bonds. The van der Waals surface area contributed by atoms with Gasteiger partial charge in [-0.2, -0.15) is 18.3 Å². The van der Waals surface area contributed by atoms with Gasteiger partial charge in [-0.25, -0.2) is 5.43 Å². The van der Waals surface area contributed by atoms with E-state index in [2.05, 4.69) is 15.8 Å². The van der Waals surface area contributed by atoms with Gasteiger partial charge in [0.15, 0.2) is 11.5 Å². The van der Waals surface area contributed by atoms with Crippen LogP contribution in [0.2, 0.25) is 5.02 Å². The number of hydrazone groups is 1. The van der Waals surface area contributed by atoms with Gasteiger partial charge in [0.05, 0.1) is 36.7 Å². The number of benzene rings is 2. The van der Waals surface area contributed by atoms with Gasteiger partial charge in [-0.3, -0.25) is 9.59 Å². The Hall–Kier alpha value is -3.27. The maximum absolute atomic E-state index is 12.8. The second-order valence-corrected chi connectivity index (χ2v) is 6.56. The maximum Gasteiger partial charge on any atom is 0.416 e. The number of nitrogens with zero attached hydrogens (tertiary/aromatic N) is 1. The molecule has 2 rings (SSSR count). The van der Waals surface area contributed by atoms with Gasteiger partial charge in [0.25, 0.3) is 0 Å². The summed E-state index contributed by atoms with van der Waals surface area (Å²) in [5.41, 5.74) is 1.76. The molecule has 0 aliphatic heterocycles. The zero-order valence-electron chi connectivity index (χ0n) is 16.5. The first-order chi connectivity index (χ1) is 14.6. The molecular weight excluding hydrogens is 439 g/mol. The Bertz CT molecular complexity index is 981. The Morgan fingerprint density at radius 1 is 1.03 bits per heavy atom. The van der Waals surface area contributed by atoms with E-state index in [1.807, 2.05) is 0 Å². The van der Waals surface area contributed by atoms with Crippen LogP contribution >= 0.6 is 11.6 Å². The third-order valence-electron chi connectivity index (χ3n) is 3.96. The number of carbonyl (C=O) groups excluding carboxylic acids is 2. The van der Waals surface area contributed by atoms with Crippen molar-refractivity contribution >= 4 is 35.3 Å². The van der Waals surface area contributed by atoms with Crippen LogP contribution in [0.5, 0.6) is 11.5 Å². The highest BCUT2D eigenvalue weighted by molar-refractivity contribution is 6.33. The summed E-state index contributed by atoms with van der Waals surface area (Å²) in [5, 5.41) is 6.01. The molecule has 166 valence electrons. The number of ether oxygens (including phenoxy) is 2. The Morgan fingerprint density at radius 2 is 1.71 bits per heavy atom. The predicted octanol–water partition coefficient (Wildman–Crippen LogP) is 4.25. The molecule has 0 aromatic heterocycles. The average molecular weight is 458 g/mol. The van der Waals surface area contributed by atoms with Crippen molar-refractivity contribution < 1.29 is 32.2 Å². The van der Waals surface area contributed by atoms with Gasteiger partial charge < -0.3 is 14.8 Å². The number of carbonyl (C=O) groups is 2. The van der Waals surface area contributed by atoms with Crippen LogP contribution in [0.25, 0.3) is 0 Å². The molecular formula is C20H19ClF3N3O4. The van der Waals surface area contributed by atoms with Crippen molar-refractivity contribution in [1.82, 2.24) is 5.43 Å². The summed E-state index contributed by atoms with van der Waals surface area (Å²) in [4.78, 5) is 23.8. The molecule has 0 saturated heterocycles. The fraction of sp³-hybridized carbons (Fsp3) is 0.250. The SMILES string of the molecule is COc1ccc(/C=N\NC(=O)CCC(=O)Nc2cc(C(F)(F)F)ccc2Cl)cc1OC. The van der Waals surface area contributed by atoms with Crippen molar-refractivity contribution in [3.63, 3.8) is 0 Å². The third kappa shape index (κ3) is 7.18. The van der Waals surface area contributed by atoms with Gasteiger partial charge in [0, 0.05) is 12.8 Å². The molecule has 0 fully saturated rings. The van der Waals surface area contributed by atoms with E-state index < -0.39 is 23.6 Å². The van der Waals surface area contributed by atoms with Crippen molar-refractivity contribution in [1.29, 1.82) is 0 Å². The Kier molecular flexibility index (Phi) is 8.26. The number of amides is 2. The molecule has 11 heteroatoms. The summed E-state index contributed by atoms with van der Waals surface area (Å²) in [6.45, 7) is 0. The molecule has 2 aromatic carbocycles. The molecule has 0 bridgehead atoms. The number of anilines is 1. The highest BCUT2D eigenvalue weighted by atomic mass is 35.5. The summed E-state index contributed by atoms with van der Waals surface area (Å²) in [6, 6.07) is 7.60. The lowest BCUT2D eigenvalue weighted by molar-refractivity contribution is -0.137. The molecule has 0 heterocycles. The number of rotatable bonds is 8. The van der Waals surface area contributed by atoms with Crippen LogP contribution in [0.4, 0.5) is 18.9 Å². The first-order valence-corrected chi connectivity index (χ1v) is 9.22. The van der Waals surface area contributed by atoms with E-state index in [1.165, 1.54) is 20.4 Å². The Labute approximate surface area is 181 Å². The van der Waals surface area contributed by atoms with Gasteiger partial charge in [-0.05, 0) is 42.0 Å². The molecule has 0 atom stereocenters. The van der Waals surface area contributed by atoms with Crippen LogP contribution in [0.3, 0.4) is 0 Å². The first kappa shape index (κ1) is 24.0. The molecule has 0 spiro atoms. The average Bonchev–Trinajstić information content (AvgIpc) is 2.72. The lowest BCUT2D eigenvalue weighted by Gasteiger charge is -2.11. The molecule has 0 unspecified atom stereocenters. The topological polar surface area (TPSA) is 89.0 Å². The number of methoxy groups -OCH3 is 2. The van der Waals surface area contributed by atoms with Gasteiger partial charge in [-0.1, -0.05) is 11.6 Å². The molecule has 0 aliphatic carbocycles. The van der Waals surface area contributed by atoms with Crippen LogP contribution in [0.1, 0.15) is 24.0 Å². The summed E-state index contributed by atoms with van der Waals surface area (Å²) in [7, 11) is 2.99. The number of halogens is 4. The normalized spacial score (nSPS) is 11.3. The van der Waals surface area contributed by atoms with E-state index in [4.69, 9.17) is 21.1 Å². The molecule has 31 heavy (non-hydrogen) atoms. The van der Waals surface area contributed by atoms with Crippen LogP contribution < -0.4 is 20.2 Å². The van der Waals surface area contributed by atoms with E-state index in [1.54, 1.807) is 18.2 Å². The number of nitrogens with one attached hydrogen (secondary N) is 2. The zero-order chi connectivity index (χ0) is 23.0. The van der Waals surface area contributed by atoms with Gasteiger partial charge in [-0.15, -0.1) is 0 Å². The second kappa shape index (κ2) is 10.7. The third-order valence-corrected chi connectivity index (χ3v) is 4.29. The summed E-state index contributed by atoms with van der Waals surface area (Å²) in [6.07, 6.45) is -3.70. The van der Waals surface area contributed by atoms with Crippen molar-refractivity contribution in [2.24, 2.45) is 5.10 Å². The van der Waals surface area contributed by atoms with Crippen LogP contribution in [-0.4, -0.2) is 32.2 Å². The molecule has 0 radical (unpaired) electrons. The van der Waals surface area contributed by atoms with Crippen LogP contribution in [-0.2, 0) is 15.8 Å². The molecule has 0 aliphatic rings. The molecule has 0 saturated carbocycles. The Morgan fingerprint density at radius 3 is 2.35 bits per heavy atom. The zero-order valence-corrected chi connectivity index (χ0v) is 17.3. The van der Waals surface area contributed by atoms with E-state index in [0.29, 0.717) is 17.1 Å². The van der Waals surface area contributed by atoms with Gasteiger partial charge in [0.2, 0.25) is 11.8 Å². The minimum atomic E-state index is -4.57. The van der Waals surface area contributed by atoms with E-state index in [-0.39, 0.29) is 23.6 Å². The smallest absolute Gasteiger partial charge is 0.416 e. The standard InChI is InChI=1S/C20H19ClF3N3O4/c1-30-16-6-3-12(9-17(16)31-2)11-25-27-19(29)8-7-18(28)26-15-10-13(20(22,23)24)4-5-14(15)21/h3-6,9-11H,7-8H2,1-2H3,(H,26,28)(H,27,29)/b25-11-. The lowest BCUT2D eigenvalue weighted by Crippen LogP contribution is -2.21. The van der Waals surface area contributed by atoms with E-state index in [0.717, 1.165) is 18.2 Å². The minimum Gasteiger partial charge on any atom is -0.493 e. The number of alkyl halides is 3. The summed E-state index contributed by atoms with van der Waals surface area (Å²) >= 11 is 5.82. The summed E-state index contributed by atoms with van der Waals surface area (Å²) in [5.74, 6) is -0.194.